The van der Waals surface area contributed by atoms with Crippen molar-refractivity contribution in [1.82, 2.24) is 4.90 Å². The van der Waals surface area contributed by atoms with Crippen LogP contribution in [0.3, 0.4) is 0 Å². The van der Waals surface area contributed by atoms with E-state index in [2.05, 4.69) is 33.1 Å². The van der Waals surface area contributed by atoms with Crippen LogP contribution in [-0.2, 0) is 10.0 Å². The van der Waals surface area contributed by atoms with Crippen molar-refractivity contribution in [2.45, 2.75) is 37.1 Å². The Morgan fingerprint density at radius 1 is 1.38 bits per heavy atom. The molecule has 0 amide bonds. The third-order valence-electron chi connectivity index (χ3n) is 3.76. The highest BCUT2D eigenvalue weighted by Crippen LogP contribution is 2.27. The number of benzene rings is 1. The summed E-state index contributed by atoms with van der Waals surface area (Å²) in [6.45, 7) is 5.59. The molecule has 0 unspecified atom stereocenters. The number of rotatable bonds is 5. The first-order valence-electron chi connectivity index (χ1n) is 7.21. The predicted octanol–water partition coefficient (Wildman–Crippen LogP) is 2.38. The fourth-order valence-corrected chi connectivity index (χ4v) is 3.81. The Hall–Kier alpha value is -0.630. The fraction of sp³-hybridized carbons (Fsp3) is 0.571. The van der Waals surface area contributed by atoms with Crippen molar-refractivity contribution < 1.29 is 8.42 Å². The molecule has 0 aliphatic carbocycles. The van der Waals surface area contributed by atoms with E-state index in [-0.39, 0.29) is 4.90 Å². The van der Waals surface area contributed by atoms with Crippen LogP contribution in [0.25, 0.3) is 0 Å². The highest BCUT2D eigenvalue weighted by Gasteiger charge is 2.19. The van der Waals surface area contributed by atoms with Crippen LogP contribution in [0.1, 0.15) is 26.2 Å². The second-order valence-electron chi connectivity index (χ2n) is 5.45. The molecule has 0 spiro atoms. The second kappa shape index (κ2) is 7.09. The monoisotopic (exact) mass is 375 g/mol. The van der Waals surface area contributed by atoms with Crippen molar-refractivity contribution >= 4 is 31.6 Å². The van der Waals surface area contributed by atoms with Crippen molar-refractivity contribution in [3.05, 3.63) is 22.7 Å². The largest absolute Gasteiger partial charge is 0.381 e. The quantitative estimate of drug-likeness (QED) is 0.828. The molecule has 0 atom stereocenters. The molecule has 5 nitrogen and oxygen atoms in total. The summed E-state index contributed by atoms with van der Waals surface area (Å²) in [5, 5.41) is 8.61. The van der Waals surface area contributed by atoms with Gasteiger partial charge in [-0.25, -0.2) is 13.6 Å². The van der Waals surface area contributed by atoms with E-state index in [9.17, 15) is 8.42 Å². The zero-order valence-corrected chi connectivity index (χ0v) is 14.6. The van der Waals surface area contributed by atoms with Crippen LogP contribution in [0, 0.1) is 0 Å². The smallest absolute Gasteiger partial charge is 0.238 e. The average Bonchev–Trinajstić information content (AvgIpc) is 2.42. The minimum absolute atomic E-state index is 0.123. The summed E-state index contributed by atoms with van der Waals surface area (Å²) >= 11 is 3.41. The van der Waals surface area contributed by atoms with Gasteiger partial charge in [0.05, 0.1) is 4.90 Å². The maximum atomic E-state index is 11.3. The van der Waals surface area contributed by atoms with Crippen LogP contribution < -0.4 is 10.5 Å². The van der Waals surface area contributed by atoms with Crippen LogP contribution in [-0.4, -0.2) is 39.0 Å². The molecule has 2 rings (SSSR count). The molecular formula is C14H22BrN3O2S. The van der Waals surface area contributed by atoms with Crippen LogP contribution in [0.15, 0.2) is 27.6 Å². The molecule has 1 aromatic carbocycles. The molecule has 1 saturated heterocycles. The van der Waals surface area contributed by atoms with E-state index in [0.29, 0.717) is 6.04 Å². The van der Waals surface area contributed by atoms with Crippen LogP contribution >= 0.6 is 15.9 Å². The van der Waals surface area contributed by atoms with Gasteiger partial charge in [0.15, 0.2) is 0 Å². The summed E-state index contributed by atoms with van der Waals surface area (Å²) in [5.74, 6) is 0. The van der Waals surface area contributed by atoms with Crippen molar-refractivity contribution in [3.8, 4) is 0 Å². The molecule has 0 aromatic heterocycles. The Morgan fingerprint density at radius 2 is 2.05 bits per heavy atom. The molecule has 0 bridgehead atoms. The fourth-order valence-electron chi connectivity index (χ4n) is 2.63. The summed E-state index contributed by atoms with van der Waals surface area (Å²) in [5.41, 5.74) is 0.913. The van der Waals surface area contributed by atoms with Crippen LogP contribution in [0.2, 0.25) is 0 Å². The van der Waals surface area contributed by atoms with E-state index < -0.39 is 10.0 Å². The number of nitrogens with two attached hydrogens (primary N) is 1. The van der Waals surface area contributed by atoms with Crippen LogP contribution in [0.5, 0.6) is 0 Å². The Morgan fingerprint density at radius 3 is 2.57 bits per heavy atom. The van der Waals surface area contributed by atoms with Gasteiger partial charge in [0.1, 0.15) is 0 Å². The Kier molecular flexibility index (Phi) is 5.65. The van der Waals surface area contributed by atoms with Gasteiger partial charge in [0, 0.05) is 29.3 Å². The number of sulfonamides is 1. The van der Waals surface area contributed by atoms with E-state index in [4.69, 9.17) is 5.14 Å². The molecule has 1 fully saturated rings. The van der Waals surface area contributed by atoms with Gasteiger partial charge >= 0.3 is 0 Å². The lowest BCUT2D eigenvalue weighted by atomic mass is 10.0. The molecule has 0 radical (unpaired) electrons. The van der Waals surface area contributed by atoms with Gasteiger partial charge in [0.25, 0.3) is 0 Å². The maximum absolute atomic E-state index is 11.3. The lowest BCUT2D eigenvalue weighted by Crippen LogP contribution is -2.39. The van der Waals surface area contributed by atoms with Gasteiger partial charge in [-0.15, -0.1) is 0 Å². The number of halogens is 1. The first-order valence-corrected chi connectivity index (χ1v) is 9.55. The van der Waals surface area contributed by atoms with E-state index in [1.54, 1.807) is 12.1 Å². The molecule has 1 aliphatic heterocycles. The number of hydrogen-bond acceptors (Lipinski definition) is 4. The maximum Gasteiger partial charge on any atom is 0.238 e. The van der Waals surface area contributed by atoms with Gasteiger partial charge in [-0.3, -0.25) is 0 Å². The van der Waals surface area contributed by atoms with E-state index in [1.807, 2.05) is 0 Å². The lowest BCUT2D eigenvalue weighted by Gasteiger charge is -2.32. The van der Waals surface area contributed by atoms with Crippen LogP contribution in [0.4, 0.5) is 5.69 Å². The molecular weight excluding hydrogens is 354 g/mol. The summed E-state index contributed by atoms with van der Waals surface area (Å²) < 4.78 is 23.4. The van der Waals surface area contributed by atoms with E-state index >= 15 is 0 Å². The number of primary sulfonamides is 1. The molecule has 1 aromatic rings. The second-order valence-corrected chi connectivity index (χ2v) is 7.86. The number of piperidine rings is 1. The van der Waals surface area contributed by atoms with Gasteiger partial charge in [0.2, 0.25) is 10.0 Å². The Balaban J connectivity index is 1.98. The number of hydrogen-bond donors (Lipinski definition) is 2. The topological polar surface area (TPSA) is 75.4 Å². The van der Waals surface area contributed by atoms with Crippen molar-refractivity contribution in [2.24, 2.45) is 5.14 Å². The molecule has 7 heteroatoms. The third kappa shape index (κ3) is 4.67. The summed E-state index contributed by atoms with van der Waals surface area (Å²) in [6.07, 6.45) is 3.39. The highest BCUT2D eigenvalue weighted by atomic mass is 79.9. The molecule has 0 saturated carbocycles. The predicted molar refractivity (Wildman–Crippen MR) is 88.9 cm³/mol. The van der Waals surface area contributed by atoms with Gasteiger partial charge in [-0.2, -0.15) is 0 Å². The number of likely N-dealkylation sites (tertiary alicyclic amines) is 1. The number of nitrogens with one attached hydrogen (secondary N) is 1. The van der Waals surface area contributed by atoms with Crippen molar-refractivity contribution in [2.75, 3.05) is 25.0 Å². The zero-order valence-electron chi connectivity index (χ0n) is 12.2. The SMILES string of the molecule is CCCN1CCC(Nc2ccc(S(N)(=O)=O)cc2Br)CC1. The molecule has 21 heavy (non-hydrogen) atoms. The Bertz CT molecular complexity index is 584. The number of nitrogens with zero attached hydrogens (tertiary/aromatic N) is 1. The molecule has 3 N–H and O–H groups in total. The average molecular weight is 376 g/mol. The Labute approximate surface area is 135 Å². The molecule has 1 aliphatic rings. The van der Waals surface area contributed by atoms with Crippen molar-refractivity contribution in [1.29, 1.82) is 0 Å². The van der Waals surface area contributed by atoms with E-state index in [0.717, 1.165) is 36.1 Å². The summed E-state index contributed by atoms with van der Waals surface area (Å²) in [7, 11) is -3.65. The zero-order chi connectivity index (χ0) is 15.5. The van der Waals surface area contributed by atoms with Gasteiger partial charge < -0.3 is 10.2 Å². The van der Waals surface area contributed by atoms with Gasteiger partial charge in [-0.1, -0.05) is 6.92 Å². The molecule has 1 heterocycles. The summed E-state index contributed by atoms with van der Waals surface area (Å²) in [4.78, 5) is 2.61. The minimum Gasteiger partial charge on any atom is -0.381 e. The van der Waals surface area contributed by atoms with Gasteiger partial charge in [-0.05, 0) is 59.9 Å². The first kappa shape index (κ1) is 16.7. The van der Waals surface area contributed by atoms with Crippen molar-refractivity contribution in [3.63, 3.8) is 0 Å². The first-order chi connectivity index (χ1) is 9.90. The highest BCUT2D eigenvalue weighted by molar-refractivity contribution is 9.10. The standard InChI is InChI=1S/C14H22BrN3O2S/c1-2-7-18-8-5-11(6-9-18)17-14-4-3-12(10-13(14)15)21(16,19)20/h3-4,10-11,17H,2,5-9H2,1H3,(H2,16,19,20). The third-order valence-corrected chi connectivity index (χ3v) is 5.32. The van der Waals surface area contributed by atoms with E-state index in [1.165, 1.54) is 19.0 Å². The molecule has 118 valence electrons. The minimum atomic E-state index is -3.65. The lowest BCUT2D eigenvalue weighted by molar-refractivity contribution is 0.219. The normalized spacial score (nSPS) is 17.9. The number of anilines is 1. The summed E-state index contributed by atoms with van der Waals surface area (Å²) in [6, 6.07) is 5.27.